The lowest BCUT2D eigenvalue weighted by atomic mass is 10.1. The second-order valence-corrected chi connectivity index (χ2v) is 5.40. The molecule has 2 aromatic carbocycles. The monoisotopic (exact) mass is 340 g/mol. The van der Waals surface area contributed by atoms with E-state index in [9.17, 15) is 14.9 Å². The van der Waals surface area contributed by atoms with Crippen LogP contribution in [0.1, 0.15) is 16.2 Å². The van der Waals surface area contributed by atoms with Crippen molar-refractivity contribution in [2.45, 2.75) is 6.54 Å². The third-order valence-electron chi connectivity index (χ3n) is 3.93. The first-order chi connectivity index (χ1) is 12.0. The molecule has 1 heterocycles. The number of carbonyl (C=O) groups is 1. The molecule has 1 N–H and O–H groups in total. The van der Waals surface area contributed by atoms with Crippen LogP contribution in [0.15, 0.2) is 42.5 Å². The number of aryl methyl sites for hydroxylation is 1. The van der Waals surface area contributed by atoms with Crippen LogP contribution >= 0.6 is 0 Å². The first-order valence-electron chi connectivity index (χ1n) is 7.52. The van der Waals surface area contributed by atoms with Crippen molar-refractivity contribution in [2.24, 2.45) is 7.05 Å². The molecule has 0 saturated heterocycles. The summed E-state index contributed by atoms with van der Waals surface area (Å²) in [4.78, 5) is 27.3. The molecule has 0 fully saturated rings. The largest absolute Gasteiger partial charge is 0.496 e. The highest BCUT2D eigenvalue weighted by atomic mass is 16.6. The SMILES string of the molecule is COc1ccc([N+](=O)[O-])cc1C(=O)NCc1nc2ccccc2n1C. The van der Waals surface area contributed by atoms with Crippen molar-refractivity contribution in [1.29, 1.82) is 0 Å². The van der Waals surface area contributed by atoms with Gasteiger partial charge in [-0.1, -0.05) is 12.1 Å². The van der Waals surface area contributed by atoms with Gasteiger partial charge in [-0.15, -0.1) is 0 Å². The Kier molecular flexibility index (Phi) is 4.34. The number of rotatable bonds is 5. The molecule has 1 aromatic heterocycles. The average Bonchev–Trinajstić information content (AvgIpc) is 2.95. The van der Waals surface area contributed by atoms with Gasteiger partial charge < -0.3 is 14.6 Å². The van der Waals surface area contributed by atoms with E-state index < -0.39 is 10.8 Å². The van der Waals surface area contributed by atoms with Crippen molar-refractivity contribution < 1.29 is 14.5 Å². The van der Waals surface area contributed by atoms with Crippen LogP contribution in [-0.2, 0) is 13.6 Å². The van der Waals surface area contributed by atoms with E-state index in [4.69, 9.17) is 4.74 Å². The number of carbonyl (C=O) groups excluding carboxylic acids is 1. The number of amides is 1. The first-order valence-corrected chi connectivity index (χ1v) is 7.52. The van der Waals surface area contributed by atoms with Gasteiger partial charge in [0.25, 0.3) is 11.6 Å². The fourth-order valence-electron chi connectivity index (χ4n) is 2.60. The Morgan fingerprint density at radius 3 is 2.76 bits per heavy atom. The van der Waals surface area contributed by atoms with Crippen LogP contribution in [0, 0.1) is 10.1 Å². The van der Waals surface area contributed by atoms with Gasteiger partial charge >= 0.3 is 0 Å². The number of hydrogen-bond donors (Lipinski definition) is 1. The van der Waals surface area contributed by atoms with E-state index in [1.165, 1.54) is 25.3 Å². The summed E-state index contributed by atoms with van der Waals surface area (Å²) in [5, 5.41) is 13.7. The maximum Gasteiger partial charge on any atom is 0.270 e. The summed E-state index contributed by atoms with van der Waals surface area (Å²) >= 11 is 0. The maximum absolute atomic E-state index is 12.4. The lowest BCUT2D eigenvalue weighted by molar-refractivity contribution is -0.384. The number of ether oxygens (including phenoxy) is 1. The lowest BCUT2D eigenvalue weighted by Gasteiger charge is -2.09. The van der Waals surface area contributed by atoms with Gasteiger partial charge in [-0.3, -0.25) is 14.9 Å². The van der Waals surface area contributed by atoms with E-state index in [-0.39, 0.29) is 23.5 Å². The van der Waals surface area contributed by atoms with Crippen molar-refractivity contribution in [1.82, 2.24) is 14.9 Å². The summed E-state index contributed by atoms with van der Waals surface area (Å²) in [7, 11) is 3.27. The highest BCUT2D eigenvalue weighted by Gasteiger charge is 2.18. The number of benzene rings is 2. The number of imidazole rings is 1. The number of nitro benzene ring substituents is 1. The molecule has 8 heteroatoms. The highest BCUT2D eigenvalue weighted by molar-refractivity contribution is 5.97. The van der Waals surface area contributed by atoms with Gasteiger partial charge in [0.1, 0.15) is 11.6 Å². The van der Waals surface area contributed by atoms with Gasteiger partial charge in [-0.2, -0.15) is 0 Å². The van der Waals surface area contributed by atoms with Crippen LogP contribution in [-0.4, -0.2) is 27.5 Å². The third-order valence-corrected chi connectivity index (χ3v) is 3.93. The van der Waals surface area contributed by atoms with E-state index in [0.29, 0.717) is 5.82 Å². The first kappa shape index (κ1) is 16.4. The van der Waals surface area contributed by atoms with E-state index in [1.54, 1.807) is 0 Å². The number of non-ortho nitro benzene ring substituents is 1. The Labute approximate surface area is 143 Å². The van der Waals surface area contributed by atoms with Crippen molar-refractivity contribution >= 4 is 22.6 Å². The number of methoxy groups -OCH3 is 1. The Bertz CT molecular complexity index is 964. The molecule has 3 rings (SSSR count). The molecule has 0 saturated carbocycles. The minimum Gasteiger partial charge on any atom is -0.496 e. The van der Waals surface area contributed by atoms with E-state index >= 15 is 0 Å². The Balaban J connectivity index is 1.83. The average molecular weight is 340 g/mol. The molecule has 0 unspecified atom stereocenters. The molecular weight excluding hydrogens is 324 g/mol. The second kappa shape index (κ2) is 6.60. The Morgan fingerprint density at radius 2 is 2.08 bits per heavy atom. The minimum atomic E-state index is -0.554. The molecule has 3 aromatic rings. The fourth-order valence-corrected chi connectivity index (χ4v) is 2.60. The number of nitrogens with zero attached hydrogens (tertiary/aromatic N) is 3. The third kappa shape index (κ3) is 3.14. The highest BCUT2D eigenvalue weighted by Crippen LogP contribution is 2.24. The summed E-state index contributed by atoms with van der Waals surface area (Å²) in [6, 6.07) is 11.5. The standard InChI is InChI=1S/C17H16N4O4/c1-20-14-6-4-3-5-13(14)19-16(20)10-18-17(22)12-9-11(21(23)24)7-8-15(12)25-2/h3-9H,10H2,1-2H3,(H,18,22). The van der Waals surface area contributed by atoms with E-state index in [1.807, 2.05) is 35.9 Å². The van der Waals surface area contributed by atoms with Crippen LogP contribution in [0.5, 0.6) is 5.75 Å². The molecule has 0 bridgehead atoms. The zero-order valence-corrected chi connectivity index (χ0v) is 13.7. The lowest BCUT2D eigenvalue weighted by Crippen LogP contribution is -2.25. The number of hydrogen-bond acceptors (Lipinski definition) is 5. The molecule has 0 aliphatic carbocycles. The van der Waals surface area contributed by atoms with Crippen LogP contribution in [0.3, 0.4) is 0 Å². The van der Waals surface area contributed by atoms with Gasteiger partial charge in [-0.05, 0) is 18.2 Å². The number of aromatic nitrogens is 2. The van der Waals surface area contributed by atoms with Crippen LogP contribution in [0.4, 0.5) is 5.69 Å². The van der Waals surface area contributed by atoms with Crippen molar-refractivity contribution in [3.05, 3.63) is 64.0 Å². The predicted octanol–water partition coefficient (Wildman–Crippen LogP) is 2.42. The summed E-state index contributed by atoms with van der Waals surface area (Å²) < 4.78 is 7.01. The number of nitrogens with one attached hydrogen (secondary N) is 1. The molecule has 25 heavy (non-hydrogen) atoms. The van der Waals surface area contributed by atoms with Gasteiger partial charge in [-0.25, -0.2) is 4.98 Å². The molecule has 0 atom stereocenters. The van der Waals surface area contributed by atoms with Gasteiger partial charge in [0, 0.05) is 19.2 Å². The number of fused-ring (bicyclic) bond motifs is 1. The molecule has 0 aliphatic heterocycles. The topological polar surface area (TPSA) is 99.3 Å². The van der Waals surface area contributed by atoms with Crippen LogP contribution in [0.2, 0.25) is 0 Å². The summed E-state index contributed by atoms with van der Waals surface area (Å²) in [6.45, 7) is 0.190. The molecule has 0 radical (unpaired) electrons. The number of para-hydroxylation sites is 2. The summed E-state index contributed by atoms with van der Waals surface area (Å²) in [5.74, 6) is 0.486. The Morgan fingerprint density at radius 1 is 1.32 bits per heavy atom. The van der Waals surface area contributed by atoms with Crippen LogP contribution < -0.4 is 10.1 Å². The van der Waals surface area contributed by atoms with Crippen LogP contribution in [0.25, 0.3) is 11.0 Å². The zero-order chi connectivity index (χ0) is 18.0. The molecule has 0 spiro atoms. The minimum absolute atomic E-state index is 0.107. The fraction of sp³-hybridized carbons (Fsp3) is 0.176. The second-order valence-electron chi connectivity index (χ2n) is 5.40. The van der Waals surface area contributed by atoms with E-state index in [0.717, 1.165) is 11.0 Å². The van der Waals surface area contributed by atoms with Gasteiger partial charge in [0.15, 0.2) is 0 Å². The summed E-state index contributed by atoms with van der Waals surface area (Å²) in [5.41, 5.74) is 1.73. The quantitative estimate of drug-likeness (QED) is 0.568. The molecule has 8 nitrogen and oxygen atoms in total. The van der Waals surface area contributed by atoms with Gasteiger partial charge in [0.05, 0.1) is 35.2 Å². The van der Waals surface area contributed by atoms with E-state index in [2.05, 4.69) is 10.3 Å². The van der Waals surface area contributed by atoms with Crippen molar-refractivity contribution in [3.8, 4) is 5.75 Å². The smallest absolute Gasteiger partial charge is 0.270 e. The molecular formula is C17H16N4O4. The molecule has 128 valence electrons. The predicted molar refractivity (Wildman–Crippen MR) is 91.5 cm³/mol. The Hall–Kier alpha value is -3.42. The number of nitro groups is 1. The molecule has 1 amide bonds. The summed E-state index contributed by atoms with van der Waals surface area (Å²) in [6.07, 6.45) is 0. The van der Waals surface area contributed by atoms with Gasteiger partial charge in [0.2, 0.25) is 0 Å². The maximum atomic E-state index is 12.4. The molecule has 0 aliphatic rings. The van der Waals surface area contributed by atoms with Crippen molar-refractivity contribution in [2.75, 3.05) is 7.11 Å². The van der Waals surface area contributed by atoms with Crippen molar-refractivity contribution in [3.63, 3.8) is 0 Å². The zero-order valence-electron chi connectivity index (χ0n) is 13.7. The normalized spacial score (nSPS) is 10.6.